The summed E-state index contributed by atoms with van der Waals surface area (Å²) in [6.07, 6.45) is 1.78. The first-order valence-electron chi connectivity index (χ1n) is 9.69. The quantitative estimate of drug-likeness (QED) is 0.362. The molecule has 0 atom stereocenters. The van der Waals surface area contributed by atoms with Crippen LogP contribution in [-0.2, 0) is 12.3 Å². The predicted molar refractivity (Wildman–Crippen MR) is 120 cm³/mol. The second-order valence-corrected chi connectivity index (χ2v) is 9.94. The van der Waals surface area contributed by atoms with Gasteiger partial charge in [-0.05, 0) is 37.5 Å². The molecule has 0 aliphatic rings. The maximum absolute atomic E-state index is 4.86. The topological polar surface area (TPSA) is 60.9 Å². The van der Waals surface area contributed by atoms with Crippen LogP contribution < -0.4 is 0 Å². The number of thioether (sulfide) groups is 1. The number of aromatic nitrogens is 6. The fourth-order valence-electron chi connectivity index (χ4n) is 3.66. The van der Waals surface area contributed by atoms with Crippen LogP contribution in [0, 0.1) is 19.8 Å². The van der Waals surface area contributed by atoms with E-state index in [1.807, 2.05) is 22.7 Å². The van der Waals surface area contributed by atoms with E-state index in [0.29, 0.717) is 11.7 Å². The number of hydrogen-bond acceptors (Lipinski definition) is 6. The van der Waals surface area contributed by atoms with Gasteiger partial charge in [-0.2, -0.15) is 0 Å². The van der Waals surface area contributed by atoms with E-state index in [-0.39, 0.29) is 0 Å². The molecule has 0 spiro atoms. The Labute approximate surface area is 177 Å². The van der Waals surface area contributed by atoms with Crippen molar-refractivity contribution in [2.45, 2.75) is 44.3 Å². The summed E-state index contributed by atoms with van der Waals surface area (Å²) in [5.74, 6) is 2.05. The minimum absolute atomic E-state index is 0.556. The monoisotopic (exact) mass is 422 g/mol. The van der Waals surface area contributed by atoms with Crippen LogP contribution in [0.25, 0.3) is 26.9 Å². The van der Waals surface area contributed by atoms with E-state index in [2.05, 4.69) is 43.4 Å². The van der Waals surface area contributed by atoms with E-state index >= 15 is 0 Å². The summed E-state index contributed by atoms with van der Waals surface area (Å²) in [6, 6.07) is 8.23. The van der Waals surface area contributed by atoms with Gasteiger partial charge in [-0.25, -0.2) is 19.5 Å². The van der Waals surface area contributed by atoms with Crippen molar-refractivity contribution in [2.75, 3.05) is 0 Å². The van der Waals surface area contributed by atoms with Crippen LogP contribution in [0.2, 0.25) is 0 Å². The molecule has 0 fully saturated rings. The first-order chi connectivity index (χ1) is 14.0. The third-order valence-electron chi connectivity index (χ3n) is 5.14. The molecule has 1 aromatic carbocycles. The van der Waals surface area contributed by atoms with Crippen LogP contribution >= 0.6 is 23.1 Å². The zero-order valence-corrected chi connectivity index (χ0v) is 18.5. The lowest BCUT2D eigenvalue weighted by atomic mass is 10.2. The van der Waals surface area contributed by atoms with Crippen LogP contribution in [0.1, 0.15) is 30.9 Å². The van der Waals surface area contributed by atoms with E-state index in [1.165, 1.54) is 16.0 Å². The molecule has 29 heavy (non-hydrogen) atoms. The minimum atomic E-state index is 0.556. The van der Waals surface area contributed by atoms with Gasteiger partial charge in [0.05, 0.1) is 21.4 Å². The smallest absolute Gasteiger partial charge is 0.168 e. The Balaban J connectivity index is 1.50. The Hall–Kier alpha value is -2.45. The molecule has 148 valence electrons. The summed E-state index contributed by atoms with van der Waals surface area (Å²) in [5.41, 5.74) is 5.42. The normalized spacial score (nSPS) is 12.2. The molecule has 8 heteroatoms. The second-order valence-electron chi connectivity index (χ2n) is 7.69. The van der Waals surface area contributed by atoms with E-state index < -0.39 is 0 Å². The van der Waals surface area contributed by atoms with Gasteiger partial charge in [0.1, 0.15) is 12.0 Å². The lowest BCUT2D eigenvalue weighted by Crippen LogP contribution is -2.07. The molecule has 5 rings (SSSR count). The highest BCUT2D eigenvalue weighted by molar-refractivity contribution is 8.00. The number of fused-ring (bicyclic) bond motifs is 4. The van der Waals surface area contributed by atoms with Crippen LogP contribution in [0.4, 0.5) is 0 Å². The zero-order valence-electron chi connectivity index (χ0n) is 16.9. The molecular weight excluding hydrogens is 400 g/mol. The van der Waals surface area contributed by atoms with Gasteiger partial charge in [-0.15, -0.1) is 16.4 Å². The summed E-state index contributed by atoms with van der Waals surface area (Å²) in [4.78, 5) is 14.3. The van der Waals surface area contributed by atoms with Gasteiger partial charge >= 0.3 is 0 Å². The van der Waals surface area contributed by atoms with Gasteiger partial charge in [0.25, 0.3) is 0 Å². The molecule has 0 saturated heterocycles. The number of nitrogens with zero attached hydrogens (tertiary/aromatic N) is 6. The maximum Gasteiger partial charge on any atom is 0.168 e. The molecule has 0 amide bonds. The molecule has 0 saturated carbocycles. The largest absolute Gasteiger partial charge is 0.329 e. The van der Waals surface area contributed by atoms with E-state index in [4.69, 9.17) is 15.0 Å². The summed E-state index contributed by atoms with van der Waals surface area (Å²) >= 11 is 3.40. The van der Waals surface area contributed by atoms with Crippen molar-refractivity contribution in [1.82, 2.24) is 29.1 Å². The summed E-state index contributed by atoms with van der Waals surface area (Å²) in [6.45, 7) is 9.73. The first kappa shape index (κ1) is 18.6. The van der Waals surface area contributed by atoms with E-state index in [0.717, 1.165) is 38.9 Å². The Bertz CT molecular complexity index is 1310. The fraction of sp³-hybridized carbons (Fsp3) is 0.333. The number of thiazole rings is 1. The third-order valence-corrected chi connectivity index (χ3v) is 7.31. The molecule has 0 N–H and O–H groups in total. The van der Waals surface area contributed by atoms with Crippen molar-refractivity contribution in [3.05, 3.63) is 47.7 Å². The molecule has 0 aliphatic carbocycles. The van der Waals surface area contributed by atoms with E-state index in [1.54, 1.807) is 29.4 Å². The summed E-state index contributed by atoms with van der Waals surface area (Å²) in [7, 11) is 0. The lowest BCUT2D eigenvalue weighted by Gasteiger charge is -2.10. The third kappa shape index (κ3) is 3.20. The minimum Gasteiger partial charge on any atom is -0.329 e. The molecule has 4 heterocycles. The van der Waals surface area contributed by atoms with Crippen molar-refractivity contribution in [3.8, 4) is 0 Å². The number of para-hydroxylation sites is 1. The van der Waals surface area contributed by atoms with Crippen LogP contribution in [0.15, 0.2) is 34.9 Å². The number of hydrogen-bond donors (Lipinski definition) is 0. The highest BCUT2D eigenvalue weighted by atomic mass is 32.2. The average Bonchev–Trinajstić information content (AvgIpc) is 3.36. The summed E-state index contributed by atoms with van der Waals surface area (Å²) in [5, 5.41) is 5.77. The van der Waals surface area contributed by atoms with Crippen molar-refractivity contribution in [2.24, 2.45) is 5.92 Å². The van der Waals surface area contributed by atoms with Gasteiger partial charge in [0.15, 0.2) is 15.8 Å². The Morgan fingerprint density at radius 2 is 1.93 bits per heavy atom. The zero-order chi connectivity index (χ0) is 20.1. The second kappa shape index (κ2) is 7.11. The molecular formula is C21H22N6S2. The Morgan fingerprint density at radius 3 is 2.72 bits per heavy atom. The summed E-state index contributed by atoms with van der Waals surface area (Å²) < 4.78 is 6.37. The SMILES string of the molecule is Cc1c(C)n(CC(C)C)c2ncn3nc(CSc4nc5ccccc5s4)nc3c12. The number of benzene rings is 1. The maximum atomic E-state index is 4.86. The van der Waals surface area contributed by atoms with Crippen molar-refractivity contribution < 1.29 is 0 Å². The van der Waals surface area contributed by atoms with Gasteiger partial charge in [0, 0.05) is 12.2 Å². The van der Waals surface area contributed by atoms with Crippen molar-refractivity contribution in [1.29, 1.82) is 0 Å². The van der Waals surface area contributed by atoms with Gasteiger partial charge in [-0.1, -0.05) is 37.7 Å². The van der Waals surface area contributed by atoms with E-state index in [9.17, 15) is 0 Å². The fourth-order valence-corrected chi connectivity index (χ4v) is 5.58. The number of rotatable bonds is 5. The van der Waals surface area contributed by atoms with Gasteiger partial charge < -0.3 is 4.57 Å². The van der Waals surface area contributed by atoms with Crippen LogP contribution in [-0.4, -0.2) is 29.1 Å². The Kier molecular flexibility index (Phi) is 4.55. The lowest BCUT2D eigenvalue weighted by molar-refractivity contribution is 0.524. The van der Waals surface area contributed by atoms with Gasteiger partial charge in [-0.3, -0.25) is 0 Å². The van der Waals surface area contributed by atoms with Crippen LogP contribution in [0.3, 0.4) is 0 Å². The molecule has 0 unspecified atom stereocenters. The van der Waals surface area contributed by atoms with Crippen LogP contribution in [0.5, 0.6) is 0 Å². The highest BCUT2D eigenvalue weighted by Crippen LogP contribution is 2.32. The molecule has 0 aliphatic heterocycles. The van der Waals surface area contributed by atoms with Crippen molar-refractivity contribution in [3.63, 3.8) is 0 Å². The molecule has 0 bridgehead atoms. The molecule has 0 radical (unpaired) electrons. The standard InChI is InChI=1S/C21H22N6S2/c1-12(2)9-26-14(4)13(3)18-19(26)22-11-27-20(18)24-17(25-27)10-28-21-23-15-7-5-6-8-16(15)29-21/h5-8,11-12H,9-10H2,1-4H3. The van der Waals surface area contributed by atoms with Gasteiger partial charge in [0.2, 0.25) is 0 Å². The first-order valence-corrected chi connectivity index (χ1v) is 11.5. The number of aryl methyl sites for hydroxylation is 1. The molecule has 4 aromatic heterocycles. The molecule has 6 nitrogen and oxygen atoms in total. The average molecular weight is 423 g/mol. The highest BCUT2D eigenvalue weighted by Gasteiger charge is 2.18. The Morgan fingerprint density at radius 1 is 1.10 bits per heavy atom. The predicted octanol–water partition coefficient (Wildman–Crippen LogP) is 5.25. The molecule has 5 aromatic rings. The van der Waals surface area contributed by atoms with Crippen molar-refractivity contribution >= 4 is 50.0 Å².